The topological polar surface area (TPSA) is 46.5 Å². The van der Waals surface area contributed by atoms with E-state index in [0.29, 0.717) is 0 Å². The fraction of sp³-hybridized carbons (Fsp3) is 0.900. The number of hydrogen-bond acceptors (Lipinski definition) is 3. The number of carbonyl (C=O) groups is 1. The third-order valence-electron chi connectivity index (χ3n) is 1.73. The second-order valence-corrected chi connectivity index (χ2v) is 4.51. The first-order valence-electron chi connectivity index (χ1n) is 4.62. The summed E-state index contributed by atoms with van der Waals surface area (Å²) in [6.45, 7) is 9.00. The molecule has 0 radical (unpaired) electrons. The molecular formula is C10H20O3. The molecule has 0 amide bonds. The van der Waals surface area contributed by atoms with Gasteiger partial charge in [0.25, 0.3) is 0 Å². The zero-order valence-electron chi connectivity index (χ0n) is 9.13. The molecule has 0 aliphatic heterocycles. The van der Waals surface area contributed by atoms with E-state index in [1.165, 1.54) is 0 Å². The Morgan fingerprint density at radius 3 is 2.15 bits per heavy atom. The highest BCUT2D eigenvalue weighted by Crippen LogP contribution is 2.13. The molecule has 2 atom stereocenters. The van der Waals surface area contributed by atoms with Crippen LogP contribution in [0.3, 0.4) is 0 Å². The fourth-order valence-corrected chi connectivity index (χ4v) is 0.817. The highest BCUT2D eigenvalue weighted by molar-refractivity contribution is 5.70. The summed E-state index contributed by atoms with van der Waals surface area (Å²) in [5.41, 5.74) is -0.435. The molecular weight excluding hydrogens is 168 g/mol. The van der Waals surface area contributed by atoms with Crippen LogP contribution in [0.1, 0.15) is 41.0 Å². The number of rotatable bonds is 3. The van der Waals surface area contributed by atoms with Crippen LogP contribution in [0, 0.1) is 5.92 Å². The number of esters is 1. The molecule has 0 aliphatic rings. The maximum atomic E-state index is 11.2. The van der Waals surface area contributed by atoms with Crippen molar-refractivity contribution in [3.8, 4) is 0 Å². The van der Waals surface area contributed by atoms with E-state index in [9.17, 15) is 4.79 Å². The van der Waals surface area contributed by atoms with Crippen molar-refractivity contribution in [1.29, 1.82) is 0 Å². The van der Waals surface area contributed by atoms with Crippen molar-refractivity contribution in [2.45, 2.75) is 52.7 Å². The quantitative estimate of drug-likeness (QED) is 0.686. The van der Waals surface area contributed by atoms with E-state index in [1.807, 2.05) is 27.7 Å². The SMILES string of the molecule is CC(O)C(C)CC(=O)OC(C)(C)C. The van der Waals surface area contributed by atoms with Gasteiger partial charge in [-0.3, -0.25) is 4.79 Å². The van der Waals surface area contributed by atoms with Crippen LogP contribution in [-0.4, -0.2) is 22.8 Å². The summed E-state index contributed by atoms with van der Waals surface area (Å²) in [7, 11) is 0. The third kappa shape index (κ3) is 6.58. The molecule has 1 N–H and O–H groups in total. The number of aliphatic hydroxyl groups excluding tert-OH is 1. The van der Waals surface area contributed by atoms with Crippen molar-refractivity contribution in [2.75, 3.05) is 0 Å². The van der Waals surface area contributed by atoms with E-state index >= 15 is 0 Å². The van der Waals surface area contributed by atoms with Crippen molar-refractivity contribution in [3.63, 3.8) is 0 Å². The predicted octanol–water partition coefficient (Wildman–Crippen LogP) is 1.74. The number of aliphatic hydroxyl groups is 1. The molecule has 0 aliphatic carbocycles. The van der Waals surface area contributed by atoms with Crippen LogP contribution in [0.2, 0.25) is 0 Å². The van der Waals surface area contributed by atoms with Crippen molar-refractivity contribution in [2.24, 2.45) is 5.92 Å². The standard InChI is InChI=1S/C10H20O3/c1-7(8(2)11)6-9(12)13-10(3,4)5/h7-8,11H,6H2,1-5H3. The van der Waals surface area contributed by atoms with E-state index < -0.39 is 11.7 Å². The molecule has 0 aromatic heterocycles. The van der Waals surface area contributed by atoms with Gasteiger partial charge in [0.1, 0.15) is 5.60 Å². The zero-order chi connectivity index (χ0) is 10.6. The Bertz CT molecular complexity index is 167. The van der Waals surface area contributed by atoms with Gasteiger partial charge in [-0.25, -0.2) is 0 Å². The molecule has 0 aromatic carbocycles. The minimum absolute atomic E-state index is 0.0464. The molecule has 3 heteroatoms. The van der Waals surface area contributed by atoms with Crippen LogP contribution < -0.4 is 0 Å². The van der Waals surface area contributed by atoms with Gasteiger partial charge in [0.05, 0.1) is 12.5 Å². The molecule has 0 spiro atoms. The largest absolute Gasteiger partial charge is 0.460 e. The van der Waals surface area contributed by atoms with Gasteiger partial charge < -0.3 is 9.84 Å². The molecule has 0 fully saturated rings. The van der Waals surface area contributed by atoms with Crippen LogP contribution in [0.5, 0.6) is 0 Å². The van der Waals surface area contributed by atoms with Crippen molar-refractivity contribution >= 4 is 5.97 Å². The van der Waals surface area contributed by atoms with Gasteiger partial charge in [-0.2, -0.15) is 0 Å². The smallest absolute Gasteiger partial charge is 0.306 e. The van der Waals surface area contributed by atoms with Gasteiger partial charge >= 0.3 is 5.97 Å². The number of ether oxygens (including phenoxy) is 1. The van der Waals surface area contributed by atoms with Gasteiger partial charge in [-0.15, -0.1) is 0 Å². The Hall–Kier alpha value is -0.570. The second kappa shape index (κ2) is 4.61. The minimum atomic E-state index is -0.465. The average molecular weight is 188 g/mol. The number of hydrogen-bond donors (Lipinski definition) is 1. The van der Waals surface area contributed by atoms with E-state index in [4.69, 9.17) is 9.84 Å². The van der Waals surface area contributed by atoms with Crippen LogP contribution in [0.15, 0.2) is 0 Å². The van der Waals surface area contributed by atoms with Crippen LogP contribution in [0.25, 0.3) is 0 Å². The van der Waals surface area contributed by atoms with Crippen LogP contribution >= 0.6 is 0 Å². The first kappa shape index (κ1) is 12.4. The third-order valence-corrected chi connectivity index (χ3v) is 1.73. The molecule has 2 unspecified atom stereocenters. The molecule has 0 bridgehead atoms. The first-order valence-corrected chi connectivity index (χ1v) is 4.62. The second-order valence-electron chi connectivity index (χ2n) is 4.51. The Morgan fingerprint density at radius 2 is 1.85 bits per heavy atom. The maximum Gasteiger partial charge on any atom is 0.306 e. The molecule has 0 saturated carbocycles. The Labute approximate surface area is 80.1 Å². The molecule has 3 nitrogen and oxygen atoms in total. The molecule has 0 saturated heterocycles. The Kier molecular flexibility index (Phi) is 4.40. The first-order chi connectivity index (χ1) is 5.72. The Balaban J connectivity index is 3.89. The summed E-state index contributed by atoms with van der Waals surface area (Å²) < 4.78 is 5.11. The van der Waals surface area contributed by atoms with Gasteiger partial charge in [0.15, 0.2) is 0 Å². The summed E-state index contributed by atoms with van der Waals surface area (Å²) in [6, 6.07) is 0. The predicted molar refractivity (Wildman–Crippen MR) is 51.3 cm³/mol. The Morgan fingerprint density at radius 1 is 1.38 bits per heavy atom. The lowest BCUT2D eigenvalue weighted by atomic mass is 10.0. The van der Waals surface area contributed by atoms with Crippen LogP contribution in [0.4, 0.5) is 0 Å². The highest BCUT2D eigenvalue weighted by atomic mass is 16.6. The summed E-state index contributed by atoms with van der Waals surface area (Å²) in [5.74, 6) is -0.296. The van der Waals surface area contributed by atoms with E-state index in [2.05, 4.69) is 0 Å². The normalized spacial score (nSPS) is 16.5. The summed E-state index contributed by atoms with van der Waals surface area (Å²) in [6.07, 6.45) is -0.193. The summed E-state index contributed by atoms with van der Waals surface area (Å²) >= 11 is 0. The molecule has 13 heavy (non-hydrogen) atoms. The fourth-order valence-electron chi connectivity index (χ4n) is 0.817. The molecule has 0 aromatic rings. The lowest BCUT2D eigenvalue weighted by Crippen LogP contribution is -2.26. The van der Waals surface area contributed by atoms with Gasteiger partial charge in [-0.05, 0) is 33.6 Å². The molecule has 78 valence electrons. The van der Waals surface area contributed by atoms with Crippen LogP contribution in [-0.2, 0) is 9.53 Å². The molecule has 0 rings (SSSR count). The summed E-state index contributed by atoms with van der Waals surface area (Å²) in [4.78, 5) is 11.2. The summed E-state index contributed by atoms with van der Waals surface area (Å²) in [5, 5.41) is 9.16. The monoisotopic (exact) mass is 188 g/mol. The van der Waals surface area contributed by atoms with Gasteiger partial charge in [-0.1, -0.05) is 6.92 Å². The van der Waals surface area contributed by atoms with E-state index in [-0.39, 0.29) is 18.3 Å². The lowest BCUT2D eigenvalue weighted by Gasteiger charge is -2.21. The van der Waals surface area contributed by atoms with Crippen molar-refractivity contribution in [1.82, 2.24) is 0 Å². The maximum absolute atomic E-state index is 11.2. The average Bonchev–Trinajstić information content (AvgIpc) is 1.81. The zero-order valence-corrected chi connectivity index (χ0v) is 9.13. The minimum Gasteiger partial charge on any atom is -0.460 e. The van der Waals surface area contributed by atoms with Gasteiger partial charge in [0.2, 0.25) is 0 Å². The van der Waals surface area contributed by atoms with Gasteiger partial charge in [0, 0.05) is 0 Å². The molecule has 0 heterocycles. The van der Waals surface area contributed by atoms with Crippen molar-refractivity contribution < 1.29 is 14.6 Å². The van der Waals surface area contributed by atoms with E-state index in [1.54, 1.807) is 6.92 Å². The van der Waals surface area contributed by atoms with E-state index in [0.717, 1.165) is 0 Å². The lowest BCUT2D eigenvalue weighted by molar-refractivity contribution is -0.156. The number of carbonyl (C=O) groups excluding carboxylic acids is 1. The highest BCUT2D eigenvalue weighted by Gasteiger charge is 2.20. The van der Waals surface area contributed by atoms with Crippen molar-refractivity contribution in [3.05, 3.63) is 0 Å².